The lowest BCUT2D eigenvalue weighted by Gasteiger charge is -2.22. The van der Waals surface area contributed by atoms with Crippen molar-refractivity contribution in [3.8, 4) is 5.75 Å². The summed E-state index contributed by atoms with van der Waals surface area (Å²) in [6, 6.07) is 1.85. The quantitative estimate of drug-likeness (QED) is 0.884. The number of rotatable bonds is 3. The van der Waals surface area contributed by atoms with Gasteiger partial charge in [-0.25, -0.2) is 9.78 Å². The van der Waals surface area contributed by atoms with Gasteiger partial charge in [0.1, 0.15) is 17.2 Å². The zero-order valence-electron chi connectivity index (χ0n) is 13.5. The van der Waals surface area contributed by atoms with E-state index in [4.69, 9.17) is 15.2 Å². The molecule has 122 valence electrons. The van der Waals surface area contributed by atoms with Crippen LogP contribution < -0.4 is 20.7 Å². The Morgan fingerprint density at radius 2 is 2.23 bits per heavy atom. The number of alkyl carbamates (subject to hydrolysis) is 1. The van der Waals surface area contributed by atoms with Crippen molar-refractivity contribution in [1.29, 1.82) is 0 Å². The molecule has 0 aromatic carbocycles. The molecule has 1 unspecified atom stereocenters. The van der Waals surface area contributed by atoms with Gasteiger partial charge in [-0.1, -0.05) is 0 Å². The third-order valence-corrected chi connectivity index (χ3v) is 3.33. The number of carbonyl (C=O) groups excluding carboxylic acids is 1. The van der Waals surface area contributed by atoms with Crippen LogP contribution in [0.2, 0.25) is 0 Å². The zero-order chi connectivity index (χ0) is 16.3. The molecule has 0 bridgehead atoms. The topological polar surface area (TPSA) is 89.7 Å². The van der Waals surface area contributed by atoms with Gasteiger partial charge >= 0.3 is 6.09 Å². The Balaban J connectivity index is 1.94. The normalized spacial score (nSPS) is 18.2. The Morgan fingerprint density at radius 3 is 2.86 bits per heavy atom. The molecule has 1 fully saturated rings. The highest BCUT2D eigenvalue weighted by Crippen LogP contribution is 2.27. The van der Waals surface area contributed by atoms with Gasteiger partial charge in [-0.3, -0.25) is 0 Å². The smallest absolute Gasteiger partial charge is 0.407 e. The number of methoxy groups -OCH3 is 1. The molecule has 22 heavy (non-hydrogen) atoms. The number of amides is 1. The molecule has 1 amide bonds. The maximum atomic E-state index is 11.8. The van der Waals surface area contributed by atoms with E-state index in [2.05, 4.69) is 15.2 Å². The molecule has 2 rings (SSSR count). The lowest BCUT2D eigenvalue weighted by Crippen LogP contribution is -2.40. The second kappa shape index (κ2) is 6.29. The van der Waals surface area contributed by atoms with E-state index in [-0.39, 0.29) is 12.1 Å². The second-order valence-corrected chi connectivity index (χ2v) is 6.36. The van der Waals surface area contributed by atoms with Crippen LogP contribution in [0.3, 0.4) is 0 Å². The van der Waals surface area contributed by atoms with Gasteiger partial charge in [-0.15, -0.1) is 0 Å². The van der Waals surface area contributed by atoms with Crippen molar-refractivity contribution in [3.05, 3.63) is 12.3 Å². The fraction of sp³-hybridized carbons (Fsp3) is 0.600. The maximum absolute atomic E-state index is 11.8. The molecule has 1 aliphatic heterocycles. The average molecular weight is 308 g/mol. The molecular weight excluding hydrogens is 284 g/mol. The van der Waals surface area contributed by atoms with E-state index in [1.165, 1.54) is 0 Å². The SMILES string of the molecule is COc1cc(N2CCC(NC(=O)OC(C)(C)C)C2)ncc1N. The van der Waals surface area contributed by atoms with Gasteiger partial charge in [0.05, 0.1) is 25.0 Å². The summed E-state index contributed by atoms with van der Waals surface area (Å²) in [6.07, 6.45) is 2.04. The van der Waals surface area contributed by atoms with E-state index in [9.17, 15) is 4.79 Å². The largest absolute Gasteiger partial charge is 0.494 e. The van der Waals surface area contributed by atoms with Gasteiger partial charge in [0.25, 0.3) is 0 Å². The molecule has 1 atom stereocenters. The minimum absolute atomic E-state index is 0.0418. The van der Waals surface area contributed by atoms with Crippen LogP contribution in [0.15, 0.2) is 12.3 Å². The molecule has 0 radical (unpaired) electrons. The highest BCUT2D eigenvalue weighted by atomic mass is 16.6. The number of aromatic nitrogens is 1. The third kappa shape index (κ3) is 4.16. The van der Waals surface area contributed by atoms with Crippen LogP contribution in [-0.4, -0.2) is 42.9 Å². The summed E-state index contributed by atoms with van der Waals surface area (Å²) < 4.78 is 10.5. The minimum Gasteiger partial charge on any atom is -0.494 e. The van der Waals surface area contributed by atoms with Crippen molar-refractivity contribution >= 4 is 17.6 Å². The molecule has 7 nitrogen and oxygen atoms in total. The van der Waals surface area contributed by atoms with E-state index in [1.807, 2.05) is 26.8 Å². The fourth-order valence-electron chi connectivity index (χ4n) is 2.35. The zero-order valence-corrected chi connectivity index (χ0v) is 13.5. The van der Waals surface area contributed by atoms with Crippen molar-refractivity contribution in [3.63, 3.8) is 0 Å². The number of pyridine rings is 1. The van der Waals surface area contributed by atoms with Crippen LogP contribution in [0.4, 0.5) is 16.3 Å². The number of carbonyl (C=O) groups is 1. The van der Waals surface area contributed by atoms with E-state index in [0.717, 1.165) is 18.8 Å². The van der Waals surface area contributed by atoms with Crippen molar-refractivity contribution in [2.45, 2.75) is 38.8 Å². The summed E-state index contributed by atoms with van der Waals surface area (Å²) >= 11 is 0. The van der Waals surface area contributed by atoms with Crippen LogP contribution in [-0.2, 0) is 4.74 Å². The first-order valence-corrected chi connectivity index (χ1v) is 7.32. The molecule has 0 saturated carbocycles. The molecule has 2 heterocycles. The highest BCUT2D eigenvalue weighted by Gasteiger charge is 2.27. The Kier molecular flexibility index (Phi) is 4.63. The monoisotopic (exact) mass is 308 g/mol. The number of ether oxygens (including phenoxy) is 2. The first-order chi connectivity index (χ1) is 10.3. The highest BCUT2D eigenvalue weighted by molar-refractivity contribution is 5.68. The summed E-state index contributed by atoms with van der Waals surface area (Å²) in [5.74, 6) is 1.40. The fourth-order valence-corrected chi connectivity index (χ4v) is 2.35. The van der Waals surface area contributed by atoms with Gasteiger partial charge in [0.15, 0.2) is 0 Å². The maximum Gasteiger partial charge on any atom is 0.407 e. The minimum atomic E-state index is -0.492. The summed E-state index contributed by atoms with van der Waals surface area (Å²) in [6.45, 7) is 7.02. The van der Waals surface area contributed by atoms with Crippen molar-refractivity contribution < 1.29 is 14.3 Å². The van der Waals surface area contributed by atoms with Crippen LogP contribution in [0.25, 0.3) is 0 Å². The number of nitrogen functional groups attached to an aromatic ring is 1. The number of anilines is 2. The summed E-state index contributed by atoms with van der Waals surface area (Å²) in [5, 5.41) is 2.89. The van der Waals surface area contributed by atoms with Crippen LogP contribution in [0.5, 0.6) is 5.75 Å². The van der Waals surface area contributed by atoms with Gasteiger partial charge < -0.3 is 25.4 Å². The predicted octanol–water partition coefficient (Wildman–Crippen LogP) is 1.78. The van der Waals surface area contributed by atoms with E-state index in [1.54, 1.807) is 13.3 Å². The molecule has 0 spiro atoms. The van der Waals surface area contributed by atoms with Crippen molar-refractivity contribution in [2.24, 2.45) is 0 Å². The Morgan fingerprint density at radius 1 is 1.50 bits per heavy atom. The van der Waals surface area contributed by atoms with E-state index >= 15 is 0 Å². The third-order valence-electron chi connectivity index (χ3n) is 3.33. The van der Waals surface area contributed by atoms with E-state index < -0.39 is 5.60 Å². The predicted molar refractivity (Wildman–Crippen MR) is 85.2 cm³/mol. The Labute approximate surface area is 130 Å². The van der Waals surface area contributed by atoms with Crippen LogP contribution in [0, 0.1) is 0 Å². The summed E-state index contributed by atoms with van der Waals surface area (Å²) in [5.41, 5.74) is 5.79. The molecule has 7 heteroatoms. The Bertz CT molecular complexity index is 542. The lowest BCUT2D eigenvalue weighted by atomic mass is 10.2. The molecule has 1 aliphatic rings. The first kappa shape index (κ1) is 16.2. The molecule has 1 aromatic rings. The number of nitrogens with zero attached hydrogens (tertiary/aromatic N) is 2. The second-order valence-electron chi connectivity index (χ2n) is 6.36. The van der Waals surface area contributed by atoms with Gasteiger partial charge in [0, 0.05) is 19.2 Å². The number of nitrogens with one attached hydrogen (secondary N) is 1. The van der Waals surface area contributed by atoms with E-state index in [0.29, 0.717) is 18.0 Å². The Hall–Kier alpha value is -2.18. The molecule has 1 saturated heterocycles. The van der Waals surface area contributed by atoms with Gasteiger partial charge in [-0.05, 0) is 27.2 Å². The summed E-state index contributed by atoms with van der Waals surface area (Å²) in [7, 11) is 1.58. The summed E-state index contributed by atoms with van der Waals surface area (Å²) in [4.78, 5) is 18.2. The van der Waals surface area contributed by atoms with Crippen LogP contribution in [0.1, 0.15) is 27.2 Å². The van der Waals surface area contributed by atoms with Crippen molar-refractivity contribution in [2.75, 3.05) is 30.8 Å². The van der Waals surface area contributed by atoms with Gasteiger partial charge in [0.2, 0.25) is 0 Å². The number of nitrogens with two attached hydrogens (primary N) is 1. The number of hydrogen-bond acceptors (Lipinski definition) is 6. The molecular formula is C15H24N4O3. The first-order valence-electron chi connectivity index (χ1n) is 7.32. The molecule has 3 N–H and O–H groups in total. The molecule has 1 aromatic heterocycles. The average Bonchev–Trinajstić information content (AvgIpc) is 2.85. The standard InChI is InChI=1S/C15H24N4O3/c1-15(2,3)22-14(20)18-10-5-6-19(9-10)13-7-12(21-4)11(16)8-17-13/h7-8,10H,5-6,9,16H2,1-4H3,(H,18,20). The number of hydrogen-bond donors (Lipinski definition) is 2. The van der Waals surface area contributed by atoms with Crippen molar-refractivity contribution in [1.82, 2.24) is 10.3 Å². The molecule has 0 aliphatic carbocycles. The van der Waals surface area contributed by atoms with Crippen LogP contribution >= 0.6 is 0 Å². The van der Waals surface area contributed by atoms with Gasteiger partial charge in [-0.2, -0.15) is 0 Å². The lowest BCUT2D eigenvalue weighted by molar-refractivity contribution is 0.0509.